The molecule has 2 heteroatoms. The fourth-order valence-corrected chi connectivity index (χ4v) is 6.00. The van der Waals surface area contributed by atoms with Crippen molar-refractivity contribution in [3.05, 3.63) is 158 Å². The van der Waals surface area contributed by atoms with Gasteiger partial charge in [-0.25, -0.2) is 9.97 Å². The molecule has 8 aromatic rings. The second kappa shape index (κ2) is 10.1. The predicted molar refractivity (Wildman–Crippen MR) is 176 cm³/mol. The Morgan fingerprint density at radius 2 is 0.929 bits per heavy atom. The first-order valence-corrected chi connectivity index (χ1v) is 14.3. The van der Waals surface area contributed by atoms with Gasteiger partial charge in [0.15, 0.2) is 0 Å². The minimum absolute atomic E-state index is 0.957. The zero-order valence-electron chi connectivity index (χ0n) is 22.9. The molecule has 0 atom stereocenters. The summed E-state index contributed by atoms with van der Waals surface area (Å²) in [6.45, 7) is 0. The van der Waals surface area contributed by atoms with Gasteiger partial charge in [0, 0.05) is 32.8 Å². The Kier molecular flexibility index (Phi) is 5.82. The van der Waals surface area contributed by atoms with Crippen molar-refractivity contribution >= 4 is 32.4 Å². The van der Waals surface area contributed by atoms with Crippen LogP contribution in [0.3, 0.4) is 0 Å². The summed E-state index contributed by atoms with van der Waals surface area (Å²) in [5.74, 6) is 0. The van der Waals surface area contributed by atoms with Crippen molar-refractivity contribution in [2.24, 2.45) is 0 Å². The van der Waals surface area contributed by atoms with E-state index >= 15 is 0 Å². The molecule has 2 nitrogen and oxygen atoms in total. The maximum absolute atomic E-state index is 5.23. The molecule has 8 rings (SSSR count). The molecule has 0 saturated carbocycles. The monoisotopic (exact) mass is 534 g/mol. The SMILES string of the molecule is c1ccc(-c2cc(-c3cccc(-c4nc5ccccc5c5c4ccc4ccccc45)c3)cc(-c3ccccc3)n2)cc1. The normalized spacial score (nSPS) is 11.3. The molecule has 0 bridgehead atoms. The summed E-state index contributed by atoms with van der Waals surface area (Å²) >= 11 is 0. The van der Waals surface area contributed by atoms with Gasteiger partial charge in [0.1, 0.15) is 0 Å². The molecule has 0 fully saturated rings. The van der Waals surface area contributed by atoms with Crippen LogP contribution in [0.4, 0.5) is 0 Å². The summed E-state index contributed by atoms with van der Waals surface area (Å²) in [4.78, 5) is 10.3. The molecule has 42 heavy (non-hydrogen) atoms. The molecule has 0 amide bonds. The third kappa shape index (κ3) is 4.22. The molecule has 0 radical (unpaired) electrons. The second-order valence-electron chi connectivity index (χ2n) is 10.6. The van der Waals surface area contributed by atoms with Gasteiger partial charge in [-0.1, -0.05) is 133 Å². The van der Waals surface area contributed by atoms with E-state index < -0.39 is 0 Å². The number of hydrogen-bond acceptors (Lipinski definition) is 2. The van der Waals surface area contributed by atoms with E-state index in [0.717, 1.165) is 55.8 Å². The van der Waals surface area contributed by atoms with Crippen molar-refractivity contribution in [3.8, 4) is 44.9 Å². The van der Waals surface area contributed by atoms with Crippen molar-refractivity contribution in [3.63, 3.8) is 0 Å². The van der Waals surface area contributed by atoms with Crippen molar-refractivity contribution in [2.45, 2.75) is 0 Å². The molecule has 0 aliphatic rings. The van der Waals surface area contributed by atoms with Gasteiger partial charge in [0.05, 0.1) is 22.6 Å². The molecule has 2 heterocycles. The average molecular weight is 535 g/mol. The zero-order chi connectivity index (χ0) is 27.9. The first-order valence-electron chi connectivity index (χ1n) is 14.3. The highest BCUT2D eigenvalue weighted by atomic mass is 14.7. The Morgan fingerprint density at radius 3 is 1.67 bits per heavy atom. The standard InChI is InChI=1S/C40H26N2/c1-3-13-28(14-4-1)37-25-32(26-38(41-37)29-15-5-2-6-16-29)30-17-11-18-31(24-30)40-35-23-22-27-12-7-8-19-33(27)39(35)34-20-9-10-21-36(34)42-40/h1-26H. The summed E-state index contributed by atoms with van der Waals surface area (Å²) < 4.78 is 0. The zero-order valence-corrected chi connectivity index (χ0v) is 22.9. The lowest BCUT2D eigenvalue weighted by atomic mass is 9.93. The van der Waals surface area contributed by atoms with E-state index in [1.54, 1.807) is 0 Å². The van der Waals surface area contributed by atoms with Crippen LogP contribution in [-0.4, -0.2) is 9.97 Å². The van der Waals surface area contributed by atoms with E-state index in [-0.39, 0.29) is 0 Å². The minimum Gasteiger partial charge on any atom is -0.248 e. The second-order valence-corrected chi connectivity index (χ2v) is 10.6. The number of nitrogens with zero attached hydrogens (tertiary/aromatic N) is 2. The summed E-state index contributed by atoms with van der Waals surface area (Å²) in [6, 6.07) is 55.5. The van der Waals surface area contributed by atoms with Gasteiger partial charge in [-0.3, -0.25) is 0 Å². The van der Waals surface area contributed by atoms with Crippen LogP contribution in [0.2, 0.25) is 0 Å². The maximum Gasteiger partial charge on any atom is 0.0788 e. The van der Waals surface area contributed by atoms with Gasteiger partial charge in [0.25, 0.3) is 0 Å². The molecule has 2 aromatic heterocycles. The number of aromatic nitrogens is 2. The summed E-state index contributed by atoms with van der Waals surface area (Å²) in [5.41, 5.74) is 9.46. The highest BCUT2D eigenvalue weighted by molar-refractivity contribution is 6.22. The summed E-state index contributed by atoms with van der Waals surface area (Å²) in [7, 11) is 0. The molecule has 6 aromatic carbocycles. The minimum atomic E-state index is 0.957. The molecule has 0 spiro atoms. The molecule has 0 saturated heterocycles. The van der Waals surface area contributed by atoms with Crippen LogP contribution in [-0.2, 0) is 0 Å². The quantitative estimate of drug-likeness (QED) is 0.210. The molecular formula is C40H26N2. The fraction of sp³-hybridized carbons (Fsp3) is 0. The lowest BCUT2D eigenvalue weighted by Gasteiger charge is -2.14. The highest BCUT2D eigenvalue weighted by Crippen LogP contribution is 2.38. The van der Waals surface area contributed by atoms with E-state index in [0.29, 0.717) is 0 Å². The van der Waals surface area contributed by atoms with Crippen LogP contribution in [0.15, 0.2) is 158 Å². The number of rotatable bonds is 4. The van der Waals surface area contributed by atoms with E-state index in [1.165, 1.54) is 21.5 Å². The Labute approximate surface area is 244 Å². The lowest BCUT2D eigenvalue weighted by molar-refractivity contribution is 1.32. The Bertz CT molecular complexity index is 2160. The van der Waals surface area contributed by atoms with Crippen LogP contribution >= 0.6 is 0 Å². The topological polar surface area (TPSA) is 25.8 Å². The number of fused-ring (bicyclic) bond motifs is 5. The molecule has 196 valence electrons. The van der Waals surface area contributed by atoms with Gasteiger partial charge in [-0.15, -0.1) is 0 Å². The fourth-order valence-electron chi connectivity index (χ4n) is 6.00. The van der Waals surface area contributed by atoms with E-state index in [9.17, 15) is 0 Å². The smallest absolute Gasteiger partial charge is 0.0788 e. The van der Waals surface area contributed by atoms with Crippen molar-refractivity contribution in [1.82, 2.24) is 9.97 Å². The number of para-hydroxylation sites is 1. The summed E-state index contributed by atoms with van der Waals surface area (Å²) in [6.07, 6.45) is 0. The Balaban J connectivity index is 1.35. The summed E-state index contributed by atoms with van der Waals surface area (Å²) in [5, 5.41) is 6.08. The van der Waals surface area contributed by atoms with E-state index in [2.05, 4.69) is 146 Å². The molecular weight excluding hydrogens is 508 g/mol. The number of pyridine rings is 2. The van der Waals surface area contributed by atoms with Crippen molar-refractivity contribution in [1.29, 1.82) is 0 Å². The van der Waals surface area contributed by atoms with Crippen LogP contribution in [0.1, 0.15) is 0 Å². The molecule has 0 aliphatic heterocycles. The number of benzene rings is 6. The Morgan fingerprint density at radius 1 is 0.333 bits per heavy atom. The van der Waals surface area contributed by atoms with Gasteiger partial charge in [-0.2, -0.15) is 0 Å². The first kappa shape index (κ1) is 24.2. The van der Waals surface area contributed by atoms with Crippen LogP contribution in [0, 0.1) is 0 Å². The maximum atomic E-state index is 5.23. The predicted octanol–water partition coefficient (Wildman–Crippen LogP) is 10.6. The Hall–Kier alpha value is -5.60. The van der Waals surface area contributed by atoms with Gasteiger partial charge < -0.3 is 0 Å². The molecule has 0 unspecified atom stereocenters. The van der Waals surface area contributed by atoms with Crippen LogP contribution in [0.25, 0.3) is 77.3 Å². The highest BCUT2D eigenvalue weighted by Gasteiger charge is 2.15. The lowest BCUT2D eigenvalue weighted by Crippen LogP contribution is -1.93. The van der Waals surface area contributed by atoms with Crippen molar-refractivity contribution in [2.75, 3.05) is 0 Å². The largest absolute Gasteiger partial charge is 0.248 e. The van der Waals surface area contributed by atoms with Gasteiger partial charge in [-0.05, 0) is 46.2 Å². The van der Waals surface area contributed by atoms with Crippen molar-refractivity contribution < 1.29 is 0 Å². The van der Waals surface area contributed by atoms with Crippen LogP contribution < -0.4 is 0 Å². The molecule has 0 N–H and O–H groups in total. The van der Waals surface area contributed by atoms with Gasteiger partial charge >= 0.3 is 0 Å². The third-order valence-corrected chi connectivity index (χ3v) is 8.02. The van der Waals surface area contributed by atoms with E-state index in [4.69, 9.17) is 9.97 Å². The average Bonchev–Trinajstić information content (AvgIpc) is 3.08. The van der Waals surface area contributed by atoms with Crippen LogP contribution in [0.5, 0.6) is 0 Å². The van der Waals surface area contributed by atoms with Gasteiger partial charge in [0.2, 0.25) is 0 Å². The van der Waals surface area contributed by atoms with E-state index in [1.807, 2.05) is 12.1 Å². The number of hydrogen-bond donors (Lipinski definition) is 0. The third-order valence-electron chi connectivity index (χ3n) is 8.02. The first-order chi connectivity index (χ1) is 20.8. The molecule has 0 aliphatic carbocycles.